The van der Waals surface area contributed by atoms with E-state index in [-0.39, 0.29) is 12.5 Å². The molecule has 0 heterocycles. The fraction of sp³-hybridized carbons (Fsp3) is 0.176. The van der Waals surface area contributed by atoms with Crippen molar-refractivity contribution in [2.45, 2.75) is 13.8 Å². The molecule has 2 aromatic carbocycles. The zero-order valence-electron chi connectivity index (χ0n) is 12.6. The SMILES string of the molecule is Cc1ccc(NCC(=O)N/N=C\c2ccc(Cl)cc2)c(C)c1. The van der Waals surface area contributed by atoms with Gasteiger partial charge in [0.1, 0.15) is 0 Å². The van der Waals surface area contributed by atoms with Gasteiger partial charge in [0.2, 0.25) is 0 Å². The lowest BCUT2D eigenvalue weighted by atomic mass is 10.1. The summed E-state index contributed by atoms with van der Waals surface area (Å²) in [5.74, 6) is -0.204. The third-order valence-electron chi connectivity index (χ3n) is 3.09. The van der Waals surface area contributed by atoms with Gasteiger partial charge in [-0.15, -0.1) is 0 Å². The van der Waals surface area contributed by atoms with Crippen LogP contribution in [0.3, 0.4) is 0 Å². The number of carbonyl (C=O) groups excluding carboxylic acids is 1. The van der Waals surface area contributed by atoms with Crippen molar-refractivity contribution in [3.63, 3.8) is 0 Å². The number of hydrogen-bond acceptors (Lipinski definition) is 3. The van der Waals surface area contributed by atoms with Gasteiger partial charge in [-0.1, -0.05) is 41.4 Å². The average Bonchev–Trinajstić information content (AvgIpc) is 2.48. The van der Waals surface area contributed by atoms with E-state index in [9.17, 15) is 4.79 Å². The number of rotatable bonds is 5. The Hall–Kier alpha value is -2.33. The Morgan fingerprint density at radius 2 is 1.91 bits per heavy atom. The maximum absolute atomic E-state index is 11.7. The molecule has 114 valence electrons. The summed E-state index contributed by atoms with van der Waals surface area (Å²) in [4.78, 5) is 11.7. The van der Waals surface area contributed by atoms with E-state index >= 15 is 0 Å². The molecule has 2 aromatic rings. The smallest absolute Gasteiger partial charge is 0.259 e. The van der Waals surface area contributed by atoms with Crippen molar-refractivity contribution in [2.24, 2.45) is 5.10 Å². The normalized spacial score (nSPS) is 10.7. The van der Waals surface area contributed by atoms with E-state index < -0.39 is 0 Å². The molecule has 0 bridgehead atoms. The summed E-state index contributed by atoms with van der Waals surface area (Å²) in [6.45, 7) is 4.21. The van der Waals surface area contributed by atoms with Crippen molar-refractivity contribution < 1.29 is 4.79 Å². The standard InChI is InChI=1S/C17H18ClN3O/c1-12-3-8-16(13(2)9-12)19-11-17(22)21-20-10-14-4-6-15(18)7-5-14/h3-10,19H,11H2,1-2H3,(H,21,22)/b20-10-. The van der Waals surface area contributed by atoms with E-state index in [1.165, 1.54) is 5.56 Å². The number of carbonyl (C=O) groups is 1. The van der Waals surface area contributed by atoms with Crippen LogP contribution < -0.4 is 10.7 Å². The molecule has 0 unspecified atom stereocenters. The summed E-state index contributed by atoms with van der Waals surface area (Å²) in [5.41, 5.74) is 6.60. The minimum atomic E-state index is -0.204. The second-order valence-electron chi connectivity index (χ2n) is 5.02. The summed E-state index contributed by atoms with van der Waals surface area (Å²) in [6, 6.07) is 13.2. The highest BCUT2D eigenvalue weighted by Crippen LogP contribution is 2.15. The zero-order chi connectivity index (χ0) is 15.9. The third-order valence-corrected chi connectivity index (χ3v) is 3.35. The van der Waals surface area contributed by atoms with Gasteiger partial charge in [0, 0.05) is 10.7 Å². The first kappa shape index (κ1) is 16.0. The van der Waals surface area contributed by atoms with Crippen LogP contribution in [0.4, 0.5) is 5.69 Å². The number of aryl methyl sites for hydroxylation is 2. The molecule has 1 amide bonds. The summed E-state index contributed by atoms with van der Waals surface area (Å²) in [6.07, 6.45) is 1.57. The molecule has 0 fully saturated rings. The lowest BCUT2D eigenvalue weighted by Gasteiger charge is -2.09. The number of halogens is 1. The highest BCUT2D eigenvalue weighted by Gasteiger charge is 2.02. The largest absolute Gasteiger partial charge is 0.376 e. The van der Waals surface area contributed by atoms with Crippen LogP contribution >= 0.6 is 11.6 Å². The van der Waals surface area contributed by atoms with Crippen LogP contribution in [0, 0.1) is 13.8 Å². The summed E-state index contributed by atoms with van der Waals surface area (Å²) in [5, 5.41) is 7.67. The van der Waals surface area contributed by atoms with Gasteiger partial charge in [-0.25, -0.2) is 5.43 Å². The first-order valence-corrected chi connectivity index (χ1v) is 7.31. The van der Waals surface area contributed by atoms with Crippen molar-refractivity contribution in [1.29, 1.82) is 0 Å². The van der Waals surface area contributed by atoms with Crippen LogP contribution in [-0.2, 0) is 4.79 Å². The maximum Gasteiger partial charge on any atom is 0.259 e. The fourth-order valence-electron chi connectivity index (χ4n) is 1.95. The maximum atomic E-state index is 11.7. The van der Waals surface area contributed by atoms with Gasteiger partial charge in [-0.3, -0.25) is 4.79 Å². The fourth-order valence-corrected chi connectivity index (χ4v) is 2.08. The molecule has 4 nitrogen and oxygen atoms in total. The molecule has 0 radical (unpaired) electrons. The van der Waals surface area contributed by atoms with E-state index in [0.717, 1.165) is 16.8 Å². The number of anilines is 1. The molecule has 0 aliphatic carbocycles. The quantitative estimate of drug-likeness (QED) is 0.655. The Morgan fingerprint density at radius 1 is 1.18 bits per heavy atom. The average molecular weight is 316 g/mol. The molecule has 0 aliphatic rings. The second-order valence-corrected chi connectivity index (χ2v) is 5.45. The minimum absolute atomic E-state index is 0.169. The molecule has 22 heavy (non-hydrogen) atoms. The molecule has 0 aliphatic heterocycles. The van der Waals surface area contributed by atoms with Crippen LogP contribution in [0.1, 0.15) is 16.7 Å². The Bertz CT molecular complexity index is 681. The van der Waals surface area contributed by atoms with Crippen LogP contribution in [0.15, 0.2) is 47.6 Å². The van der Waals surface area contributed by atoms with Crippen molar-refractivity contribution in [3.8, 4) is 0 Å². The van der Waals surface area contributed by atoms with Crippen molar-refractivity contribution in [1.82, 2.24) is 5.43 Å². The van der Waals surface area contributed by atoms with Gasteiger partial charge in [0.05, 0.1) is 12.8 Å². The predicted octanol–water partition coefficient (Wildman–Crippen LogP) is 3.52. The monoisotopic (exact) mass is 315 g/mol. The van der Waals surface area contributed by atoms with Gasteiger partial charge in [-0.2, -0.15) is 5.10 Å². The van der Waals surface area contributed by atoms with Crippen LogP contribution in [0.5, 0.6) is 0 Å². The van der Waals surface area contributed by atoms with E-state index in [0.29, 0.717) is 5.02 Å². The number of amides is 1. The van der Waals surface area contributed by atoms with Gasteiger partial charge >= 0.3 is 0 Å². The first-order chi connectivity index (χ1) is 10.5. The summed E-state index contributed by atoms with van der Waals surface area (Å²) in [7, 11) is 0. The molecule has 0 atom stereocenters. The molecule has 0 aromatic heterocycles. The molecule has 5 heteroatoms. The molecule has 2 N–H and O–H groups in total. The molecule has 0 saturated carbocycles. The van der Waals surface area contributed by atoms with Crippen LogP contribution in [0.2, 0.25) is 5.02 Å². The molecular weight excluding hydrogens is 298 g/mol. The highest BCUT2D eigenvalue weighted by atomic mass is 35.5. The van der Waals surface area contributed by atoms with Gasteiger partial charge in [-0.05, 0) is 43.2 Å². The third kappa shape index (κ3) is 4.90. The van der Waals surface area contributed by atoms with Crippen molar-refractivity contribution in [2.75, 3.05) is 11.9 Å². The zero-order valence-corrected chi connectivity index (χ0v) is 13.3. The lowest BCUT2D eigenvalue weighted by Crippen LogP contribution is -2.26. The molecule has 0 saturated heterocycles. The Morgan fingerprint density at radius 3 is 2.59 bits per heavy atom. The van der Waals surface area contributed by atoms with Crippen LogP contribution in [-0.4, -0.2) is 18.7 Å². The molecular formula is C17H18ClN3O. The Kier molecular flexibility index (Phi) is 5.55. The number of benzene rings is 2. The number of hydrogen-bond donors (Lipinski definition) is 2. The summed E-state index contributed by atoms with van der Waals surface area (Å²) >= 11 is 5.80. The molecule has 2 rings (SSSR count). The lowest BCUT2D eigenvalue weighted by molar-refractivity contribution is -0.119. The van der Waals surface area contributed by atoms with Crippen molar-refractivity contribution >= 4 is 29.4 Å². The minimum Gasteiger partial charge on any atom is -0.376 e. The number of nitrogens with zero attached hydrogens (tertiary/aromatic N) is 1. The topological polar surface area (TPSA) is 53.5 Å². The highest BCUT2D eigenvalue weighted by molar-refractivity contribution is 6.30. The van der Waals surface area contributed by atoms with Crippen LogP contribution in [0.25, 0.3) is 0 Å². The van der Waals surface area contributed by atoms with Gasteiger partial charge < -0.3 is 5.32 Å². The first-order valence-electron chi connectivity index (χ1n) is 6.93. The van der Waals surface area contributed by atoms with E-state index in [1.54, 1.807) is 18.3 Å². The van der Waals surface area contributed by atoms with Gasteiger partial charge in [0.15, 0.2) is 0 Å². The summed E-state index contributed by atoms with van der Waals surface area (Å²) < 4.78 is 0. The Balaban J connectivity index is 1.81. The van der Waals surface area contributed by atoms with Gasteiger partial charge in [0.25, 0.3) is 5.91 Å². The number of hydrazone groups is 1. The van der Waals surface area contributed by atoms with Crippen molar-refractivity contribution in [3.05, 3.63) is 64.2 Å². The Labute approximate surface area is 135 Å². The predicted molar refractivity (Wildman–Crippen MR) is 91.6 cm³/mol. The number of nitrogens with one attached hydrogen (secondary N) is 2. The molecule has 0 spiro atoms. The second kappa shape index (κ2) is 7.61. The van der Waals surface area contributed by atoms with E-state index in [1.807, 2.05) is 38.1 Å². The van der Waals surface area contributed by atoms with E-state index in [4.69, 9.17) is 11.6 Å². The van der Waals surface area contributed by atoms with E-state index in [2.05, 4.69) is 21.9 Å².